The van der Waals surface area contributed by atoms with Crippen LogP contribution in [0.5, 0.6) is 5.75 Å². The summed E-state index contributed by atoms with van der Waals surface area (Å²) in [5.74, 6) is -1.12. The summed E-state index contributed by atoms with van der Waals surface area (Å²) in [6.07, 6.45) is 0. The molecule has 3 aromatic carbocycles. The Bertz CT molecular complexity index is 1170. The lowest BCUT2D eigenvalue weighted by Crippen LogP contribution is -2.28. The summed E-state index contributed by atoms with van der Waals surface area (Å²) in [7, 11) is 0. The summed E-state index contributed by atoms with van der Waals surface area (Å²) in [6, 6.07) is 17.5. The van der Waals surface area contributed by atoms with Gasteiger partial charge in [-0.1, -0.05) is 48.5 Å². The molecule has 1 heterocycles. The van der Waals surface area contributed by atoms with Crippen molar-refractivity contribution in [2.75, 3.05) is 6.61 Å². The van der Waals surface area contributed by atoms with E-state index in [4.69, 9.17) is 15.2 Å². The number of ether oxygens (including phenoxy) is 2. The number of carbonyl (C=O) groups excluding carboxylic acids is 1. The standard InChI is InChI=1S/C22H18N2O5/c1-2-28-22(25)20-19(15-9-5-6-10-16(15)24(26)27)18-14-8-4-3-7-13(14)11-12-17(18)29-21(20)23/h3-12,19H,2,23H2,1H3/t19-/m1/s1. The highest BCUT2D eigenvalue weighted by atomic mass is 16.6. The summed E-state index contributed by atoms with van der Waals surface area (Å²) < 4.78 is 11.0. The first-order chi connectivity index (χ1) is 14.0. The minimum absolute atomic E-state index is 0.0602. The molecule has 1 atom stereocenters. The number of nitro groups is 1. The quantitative estimate of drug-likeness (QED) is 0.410. The van der Waals surface area contributed by atoms with E-state index in [2.05, 4.69) is 0 Å². The molecule has 0 aliphatic carbocycles. The van der Waals surface area contributed by atoms with Gasteiger partial charge >= 0.3 is 5.97 Å². The number of carbonyl (C=O) groups is 1. The Morgan fingerprint density at radius 3 is 2.62 bits per heavy atom. The van der Waals surface area contributed by atoms with Crippen LogP contribution in [-0.4, -0.2) is 17.5 Å². The van der Waals surface area contributed by atoms with Crippen LogP contribution in [0.4, 0.5) is 5.69 Å². The van der Waals surface area contributed by atoms with Crippen molar-refractivity contribution in [1.29, 1.82) is 0 Å². The molecule has 2 N–H and O–H groups in total. The molecular weight excluding hydrogens is 372 g/mol. The van der Waals surface area contributed by atoms with E-state index in [1.54, 1.807) is 31.2 Å². The smallest absolute Gasteiger partial charge is 0.340 e. The molecule has 7 nitrogen and oxygen atoms in total. The zero-order valence-electron chi connectivity index (χ0n) is 15.6. The van der Waals surface area contributed by atoms with Crippen LogP contribution in [0, 0.1) is 10.1 Å². The largest absolute Gasteiger partial charge is 0.462 e. The molecule has 1 aliphatic rings. The fraction of sp³-hybridized carbons (Fsp3) is 0.136. The fourth-order valence-corrected chi connectivity index (χ4v) is 3.76. The Morgan fingerprint density at radius 1 is 1.14 bits per heavy atom. The zero-order chi connectivity index (χ0) is 20.5. The number of fused-ring (bicyclic) bond motifs is 3. The lowest BCUT2D eigenvalue weighted by molar-refractivity contribution is -0.385. The molecule has 0 fully saturated rings. The SMILES string of the molecule is CCOC(=O)C1=C(N)Oc2ccc3ccccc3c2[C@H]1c1ccccc1[N+](=O)[O-]. The van der Waals surface area contributed by atoms with Gasteiger partial charge in [-0.3, -0.25) is 10.1 Å². The number of esters is 1. The summed E-state index contributed by atoms with van der Waals surface area (Å²) in [6.45, 7) is 1.82. The Balaban J connectivity index is 2.07. The molecule has 7 heteroatoms. The second-order valence-corrected chi connectivity index (χ2v) is 6.55. The van der Waals surface area contributed by atoms with Crippen molar-refractivity contribution in [3.8, 4) is 5.75 Å². The molecule has 0 unspecified atom stereocenters. The van der Waals surface area contributed by atoms with Crippen LogP contribution in [0.1, 0.15) is 24.0 Å². The Hall–Kier alpha value is -3.87. The maximum Gasteiger partial charge on any atom is 0.340 e. The van der Waals surface area contributed by atoms with E-state index in [-0.39, 0.29) is 23.8 Å². The fourth-order valence-electron chi connectivity index (χ4n) is 3.76. The topological polar surface area (TPSA) is 105 Å². The number of nitrogens with zero attached hydrogens (tertiary/aromatic N) is 1. The highest BCUT2D eigenvalue weighted by molar-refractivity contribution is 5.97. The van der Waals surface area contributed by atoms with Gasteiger partial charge in [0.1, 0.15) is 11.3 Å². The van der Waals surface area contributed by atoms with Crippen LogP contribution in [0.15, 0.2) is 72.1 Å². The molecule has 0 aromatic heterocycles. The first-order valence-electron chi connectivity index (χ1n) is 9.12. The Morgan fingerprint density at radius 2 is 1.86 bits per heavy atom. The molecule has 1 aliphatic heterocycles. The van der Waals surface area contributed by atoms with Crippen LogP contribution >= 0.6 is 0 Å². The third-order valence-corrected chi connectivity index (χ3v) is 4.93. The molecule has 0 saturated heterocycles. The molecule has 0 saturated carbocycles. The van der Waals surface area contributed by atoms with E-state index in [1.165, 1.54) is 6.07 Å². The van der Waals surface area contributed by atoms with E-state index in [0.29, 0.717) is 16.9 Å². The molecule has 0 bridgehead atoms. The number of para-hydroxylation sites is 1. The minimum atomic E-state index is -0.800. The van der Waals surface area contributed by atoms with Gasteiger partial charge in [0, 0.05) is 17.2 Å². The number of hydrogen-bond donors (Lipinski definition) is 1. The highest BCUT2D eigenvalue weighted by Crippen LogP contribution is 2.48. The van der Waals surface area contributed by atoms with Gasteiger partial charge in [0.2, 0.25) is 5.88 Å². The van der Waals surface area contributed by atoms with Gasteiger partial charge in [-0.25, -0.2) is 4.79 Å². The molecule has 0 amide bonds. The van der Waals surface area contributed by atoms with E-state index < -0.39 is 16.8 Å². The third kappa shape index (κ3) is 3.06. The Kier molecular flexibility index (Phi) is 4.64. The molecule has 0 radical (unpaired) electrons. The van der Waals surface area contributed by atoms with E-state index in [9.17, 15) is 14.9 Å². The predicted molar refractivity (Wildman–Crippen MR) is 107 cm³/mol. The summed E-state index contributed by atoms with van der Waals surface area (Å²) >= 11 is 0. The monoisotopic (exact) mass is 390 g/mol. The average Bonchev–Trinajstić information content (AvgIpc) is 2.72. The van der Waals surface area contributed by atoms with Crippen LogP contribution in [-0.2, 0) is 9.53 Å². The normalized spacial score (nSPS) is 15.6. The van der Waals surface area contributed by atoms with Crippen molar-refractivity contribution in [1.82, 2.24) is 0 Å². The van der Waals surface area contributed by atoms with Gasteiger partial charge in [0.25, 0.3) is 5.69 Å². The summed E-state index contributed by atoms with van der Waals surface area (Å²) in [5.41, 5.74) is 7.07. The summed E-state index contributed by atoms with van der Waals surface area (Å²) in [4.78, 5) is 24.1. The van der Waals surface area contributed by atoms with E-state index in [0.717, 1.165) is 10.8 Å². The summed E-state index contributed by atoms with van der Waals surface area (Å²) in [5, 5.41) is 13.5. The van der Waals surface area contributed by atoms with Crippen LogP contribution in [0.3, 0.4) is 0 Å². The van der Waals surface area contributed by atoms with Gasteiger partial charge in [-0.15, -0.1) is 0 Å². The molecule has 29 heavy (non-hydrogen) atoms. The van der Waals surface area contributed by atoms with E-state index >= 15 is 0 Å². The molecule has 4 rings (SSSR count). The van der Waals surface area contributed by atoms with Crippen LogP contribution < -0.4 is 10.5 Å². The zero-order valence-corrected chi connectivity index (χ0v) is 15.6. The first-order valence-corrected chi connectivity index (χ1v) is 9.12. The van der Waals surface area contributed by atoms with Crippen LogP contribution in [0.2, 0.25) is 0 Å². The van der Waals surface area contributed by atoms with Crippen molar-refractivity contribution >= 4 is 22.4 Å². The number of rotatable bonds is 4. The number of hydrogen-bond acceptors (Lipinski definition) is 6. The van der Waals surface area contributed by atoms with Crippen molar-refractivity contribution in [3.63, 3.8) is 0 Å². The van der Waals surface area contributed by atoms with Crippen molar-refractivity contribution in [2.24, 2.45) is 5.73 Å². The number of nitrogens with two attached hydrogens (primary N) is 1. The molecule has 3 aromatic rings. The first kappa shape index (κ1) is 18.5. The molecular formula is C22H18N2O5. The molecule has 0 spiro atoms. The second-order valence-electron chi connectivity index (χ2n) is 6.55. The van der Waals surface area contributed by atoms with Crippen molar-refractivity contribution < 1.29 is 19.2 Å². The van der Waals surface area contributed by atoms with Gasteiger partial charge in [0.15, 0.2) is 0 Å². The third-order valence-electron chi connectivity index (χ3n) is 4.93. The number of benzene rings is 3. The van der Waals surface area contributed by atoms with Crippen molar-refractivity contribution in [2.45, 2.75) is 12.8 Å². The minimum Gasteiger partial charge on any atom is -0.462 e. The highest BCUT2D eigenvalue weighted by Gasteiger charge is 2.39. The lowest BCUT2D eigenvalue weighted by Gasteiger charge is -2.29. The van der Waals surface area contributed by atoms with Gasteiger partial charge in [-0.2, -0.15) is 0 Å². The second kappa shape index (κ2) is 7.27. The van der Waals surface area contributed by atoms with Crippen LogP contribution in [0.25, 0.3) is 10.8 Å². The molecule has 146 valence electrons. The maximum absolute atomic E-state index is 12.8. The van der Waals surface area contributed by atoms with Crippen molar-refractivity contribution in [3.05, 3.63) is 93.4 Å². The number of nitro benzene ring substituents is 1. The maximum atomic E-state index is 12.8. The average molecular weight is 390 g/mol. The lowest BCUT2D eigenvalue weighted by atomic mass is 9.80. The van der Waals surface area contributed by atoms with Gasteiger partial charge in [0.05, 0.1) is 17.4 Å². The Labute approximate surface area is 166 Å². The van der Waals surface area contributed by atoms with Gasteiger partial charge in [-0.05, 0) is 23.8 Å². The van der Waals surface area contributed by atoms with E-state index in [1.807, 2.05) is 30.3 Å². The predicted octanol–water partition coefficient (Wildman–Crippen LogP) is 4.01. The van der Waals surface area contributed by atoms with Gasteiger partial charge < -0.3 is 15.2 Å².